The van der Waals surface area contributed by atoms with Gasteiger partial charge in [0.15, 0.2) is 5.89 Å². The second-order valence-electron chi connectivity index (χ2n) is 8.90. The number of benzene rings is 2. The highest BCUT2D eigenvalue weighted by Crippen LogP contribution is 2.28. The lowest BCUT2D eigenvalue weighted by molar-refractivity contribution is 0.0697. The molecule has 0 spiro atoms. The number of aromatic nitrogens is 2. The summed E-state index contributed by atoms with van der Waals surface area (Å²) in [5, 5.41) is 0. The predicted molar refractivity (Wildman–Crippen MR) is 127 cm³/mol. The van der Waals surface area contributed by atoms with Crippen LogP contribution in [-0.4, -0.2) is 33.9 Å². The van der Waals surface area contributed by atoms with Crippen LogP contribution in [0.15, 0.2) is 77.5 Å². The van der Waals surface area contributed by atoms with Crippen LogP contribution in [0.3, 0.4) is 0 Å². The Morgan fingerprint density at radius 2 is 1.83 bits per heavy atom. The number of halogens is 2. The van der Waals surface area contributed by atoms with E-state index in [4.69, 9.17) is 4.42 Å². The smallest absolute Gasteiger partial charge is 0.253 e. The largest absolute Gasteiger partial charge is 0.445 e. The molecule has 0 radical (unpaired) electrons. The second-order valence-corrected chi connectivity index (χ2v) is 8.90. The number of oxazole rings is 1. The third-order valence-electron chi connectivity index (χ3n) is 6.26. The average Bonchev–Trinajstić information content (AvgIpc) is 3.34. The molecule has 1 fully saturated rings. The number of piperidine rings is 1. The minimum Gasteiger partial charge on any atom is -0.445 e. The van der Waals surface area contributed by atoms with E-state index in [1.165, 1.54) is 24.3 Å². The van der Waals surface area contributed by atoms with Crippen molar-refractivity contribution in [1.82, 2.24) is 14.9 Å². The maximum absolute atomic E-state index is 13.5. The Bertz CT molecular complexity index is 1320. The van der Waals surface area contributed by atoms with E-state index in [2.05, 4.69) is 9.97 Å². The van der Waals surface area contributed by atoms with E-state index in [-0.39, 0.29) is 23.5 Å². The molecule has 2 aromatic heterocycles. The van der Waals surface area contributed by atoms with Crippen molar-refractivity contribution in [2.75, 3.05) is 13.1 Å². The summed E-state index contributed by atoms with van der Waals surface area (Å²) in [7, 11) is 0. The number of rotatable bonds is 6. The lowest BCUT2D eigenvalue weighted by Gasteiger charge is -2.31. The zero-order valence-electron chi connectivity index (χ0n) is 19.2. The first kappa shape index (κ1) is 22.9. The number of carbonyl (C=O) groups is 1. The Balaban J connectivity index is 1.25. The van der Waals surface area contributed by atoms with Crippen LogP contribution in [0.25, 0.3) is 0 Å². The van der Waals surface area contributed by atoms with Crippen molar-refractivity contribution >= 4 is 5.91 Å². The third kappa shape index (κ3) is 5.62. The van der Waals surface area contributed by atoms with Gasteiger partial charge >= 0.3 is 0 Å². The van der Waals surface area contributed by atoms with Crippen LogP contribution in [0, 0.1) is 11.6 Å². The minimum absolute atomic E-state index is 0.00878. The highest BCUT2D eigenvalue weighted by Gasteiger charge is 2.28. The van der Waals surface area contributed by atoms with Gasteiger partial charge in [-0.3, -0.25) is 9.78 Å². The zero-order chi connectivity index (χ0) is 24.2. The predicted octanol–water partition coefficient (Wildman–Crippen LogP) is 5.55. The van der Waals surface area contributed by atoms with Crippen LogP contribution < -0.4 is 0 Å². The van der Waals surface area contributed by atoms with Crippen molar-refractivity contribution in [2.24, 2.45) is 0 Å². The molecule has 1 aliphatic heterocycles. The van der Waals surface area contributed by atoms with E-state index >= 15 is 0 Å². The number of hydrogen-bond donors (Lipinski definition) is 0. The van der Waals surface area contributed by atoms with Crippen molar-refractivity contribution in [2.45, 2.75) is 31.6 Å². The van der Waals surface area contributed by atoms with Crippen molar-refractivity contribution < 1.29 is 18.0 Å². The van der Waals surface area contributed by atoms with Gasteiger partial charge in [-0.15, -0.1) is 0 Å². The van der Waals surface area contributed by atoms with E-state index in [9.17, 15) is 13.6 Å². The van der Waals surface area contributed by atoms with E-state index in [1.807, 2.05) is 11.0 Å². The maximum atomic E-state index is 13.5. The molecule has 2 aromatic carbocycles. The summed E-state index contributed by atoms with van der Waals surface area (Å²) >= 11 is 0. The van der Waals surface area contributed by atoms with Crippen molar-refractivity contribution in [1.29, 1.82) is 0 Å². The Hall–Kier alpha value is -3.87. The summed E-state index contributed by atoms with van der Waals surface area (Å²) in [6.07, 6.45) is 6.05. The monoisotopic (exact) mass is 473 g/mol. The molecule has 0 aliphatic carbocycles. The molecular formula is C28H25F2N3O2. The van der Waals surface area contributed by atoms with Crippen molar-refractivity contribution in [3.8, 4) is 0 Å². The highest BCUT2D eigenvalue weighted by atomic mass is 19.1. The molecule has 35 heavy (non-hydrogen) atoms. The molecule has 5 nitrogen and oxygen atoms in total. The lowest BCUT2D eigenvalue weighted by atomic mass is 9.97. The Kier molecular flexibility index (Phi) is 6.66. The van der Waals surface area contributed by atoms with Crippen molar-refractivity contribution in [3.63, 3.8) is 0 Å². The molecule has 178 valence electrons. The zero-order valence-corrected chi connectivity index (χ0v) is 19.2. The van der Waals surface area contributed by atoms with Crippen LogP contribution in [0.2, 0.25) is 0 Å². The first-order chi connectivity index (χ1) is 17.0. The molecule has 1 unspecified atom stereocenters. The van der Waals surface area contributed by atoms with Gasteiger partial charge < -0.3 is 9.32 Å². The van der Waals surface area contributed by atoms with Gasteiger partial charge in [-0.2, -0.15) is 0 Å². The number of hydrogen-bond acceptors (Lipinski definition) is 4. The van der Waals surface area contributed by atoms with Crippen LogP contribution in [0.5, 0.6) is 0 Å². The van der Waals surface area contributed by atoms with Gasteiger partial charge in [0.05, 0.1) is 12.1 Å². The topological polar surface area (TPSA) is 59.2 Å². The van der Waals surface area contributed by atoms with Gasteiger partial charge in [-0.25, -0.2) is 13.8 Å². The maximum Gasteiger partial charge on any atom is 0.253 e. The van der Waals surface area contributed by atoms with Crippen LogP contribution >= 0.6 is 0 Å². The molecule has 0 saturated carbocycles. The third-order valence-corrected chi connectivity index (χ3v) is 6.26. The fourth-order valence-corrected chi connectivity index (χ4v) is 4.51. The number of likely N-dealkylation sites (tertiary alicyclic amines) is 1. The number of carbonyl (C=O) groups excluding carboxylic acids is 1. The summed E-state index contributed by atoms with van der Waals surface area (Å²) < 4.78 is 32.6. The molecule has 7 heteroatoms. The Labute approximate surface area is 202 Å². The molecule has 0 bridgehead atoms. The van der Waals surface area contributed by atoms with Gasteiger partial charge in [0.1, 0.15) is 17.4 Å². The summed E-state index contributed by atoms with van der Waals surface area (Å²) in [4.78, 5) is 23.9. The molecule has 5 rings (SSSR count). The molecular weight excluding hydrogens is 448 g/mol. The molecule has 1 saturated heterocycles. The molecule has 1 amide bonds. The van der Waals surface area contributed by atoms with Crippen LogP contribution in [-0.2, 0) is 12.8 Å². The lowest BCUT2D eigenvalue weighted by Crippen LogP contribution is -2.39. The fraction of sp³-hybridized carbons (Fsp3) is 0.250. The van der Waals surface area contributed by atoms with Gasteiger partial charge in [0.2, 0.25) is 0 Å². The summed E-state index contributed by atoms with van der Waals surface area (Å²) in [6.45, 7) is 1.19. The highest BCUT2D eigenvalue weighted by molar-refractivity contribution is 5.94. The van der Waals surface area contributed by atoms with E-state index in [0.717, 1.165) is 29.7 Å². The summed E-state index contributed by atoms with van der Waals surface area (Å²) in [5.74, 6) is 0.686. The SMILES string of the molecule is O=C(c1ccnc(Cc2ccc(F)cc2)c1)N1CCCC(c2ncc(Cc3cccc(F)c3)o2)C1. The van der Waals surface area contributed by atoms with Crippen LogP contribution in [0.4, 0.5) is 8.78 Å². The Morgan fingerprint density at radius 3 is 2.66 bits per heavy atom. The van der Waals surface area contributed by atoms with Crippen LogP contribution in [0.1, 0.15) is 57.6 Å². The van der Waals surface area contributed by atoms with Gasteiger partial charge in [0.25, 0.3) is 5.91 Å². The summed E-state index contributed by atoms with van der Waals surface area (Å²) in [5.41, 5.74) is 3.09. The molecule has 0 N–H and O–H groups in total. The van der Waals surface area contributed by atoms with Gasteiger partial charge in [-0.1, -0.05) is 24.3 Å². The first-order valence-electron chi connectivity index (χ1n) is 11.7. The molecule has 3 heterocycles. The number of pyridine rings is 1. The fourth-order valence-electron chi connectivity index (χ4n) is 4.51. The molecule has 4 aromatic rings. The van der Waals surface area contributed by atoms with E-state index in [0.29, 0.717) is 43.1 Å². The second kappa shape index (κ2) is 10.2. The Morgan fingerprint density at radius 1 is 0.971 bits per heavy atom. The number of amides is 1. The normalized spacial score (nSPS) is 15.8. The molecule has 1 atom stereocenters. The van der Waals surface area contributed by atoms with Gasteiger partial charge in [-0.05, 0) is 60.4 Å². The quantitative estimate of drug-likeness (QED) is 0.369. The number of nitrogens with zero attached hydrogens (tertiary/aromatic N) is 3. The van der Waals surface area contributed by atoms with Gasteiger partial charge in [0, 0.05) is 43.4 Å². The minimum atomic E-state index is -0.280. The van der Waals surface area contributed by atoms with Crippen molar-refractivity contribution in [3.05, 3.63) is 119 Å². The standard InChI is InChI=1S/C28H25F2N3O2/c29-23-8-6-19(7-9-23)14-25-16-21(10-11-31-25)28(34)33-12-2-4-22(18-33)27-32-17-26(35-27)15-20-3-1-5-24(30)13-20/h1,3,5-11,13,16-17,22H,2,4,12,14-15,18H2. The molecule has 1 aliphatic rings. The van der Waals surface area contributed by atoms with E-state index in [1.54, 1.807) is 42.7 Å². The van der Waals surface area contributed by atoms with E-state index < -0.39 is 0 Å². The summed E-state index contributed by atoms with van der Waals surface area (Å²) in [6, 6.07) is 16.2. The first-order valence-corrected chi connectivity index (χ1v) is 11.7. The average molecular weight is 474 g/mol.